The molecule has 138 valence electrons. The number of nitrogens with zero attached hydrogens (tertiary/aromatic N) is 4. The van der Waals surface area contributed by atoms with Crippen LogP contribution in [0.4, 0.5) is 15.9 Å². The first-order chi connectivity index (χ1) is 13.3. The first kappa shape index (κ1) is 17.8. The number of para-hydroxylation sites is 1. The summed E-state index contributed by atoms with van der Waals surface area (Å²) in [5, 5.41) is 0.973. The molecule has 0 unspecified atom stereocenters. The fourth-order valence-corrected chi connectivity index (χ4v) is 4.02. The van der Waals surface area contributed by atoms with Crippen molar-refractivity contribution in [2.24, 2.45) is 0 Å². The standard InChI is InChI=1S/C21H21FN4S/c22-18-8-4-5-9-19(18)25-10-12-26(13-11-25)20-14-21(24-16-23-20)27-15-17-6-2-1-3-7-17/h1-9,14,16H,10-13,15H2. The molecule has 0 aliphatic carbocycles. The molecule has 6 heteroatoms. The summed E-state index contributed by atoms with van der Waals surface area (Å²) in [7, 11) is 0. The molecule has 1 fully saturated rings. The van der Waals surface area contributed by atoms with Gasteiger partial charge in [-0.1, -0.05) is 42.5 Å². The van der Waals surface area contributed by atoms with Gasteiger partial charge in [0.2, 0.25) is 0 Å². The van der Waals surface area contributed by atoms with E-state index in [2.05, 4.69) is 44.0 Å². The highest BCUT2D eigenvalue weighted by Crippen LogP contribution is 2.25. The molecule has 0 radical (unpaired) electrons. The number of halogens is 1. The van der Waals surface area contributed by atoms with Crippen LogP contribution in [0.1, 0.15) is 5.56 Å². The molecule has 0 amide bonds. The lowest BCUT2D eigenvalue weighted by atomic mass is 10.2. The average Bonchev–Trinajstić information content (AvgIpc) is 2.74. The van der Waals surface area contributed by atoms with E-state index in [0.717, 1.165) is 42.8 Å². The fourth-order valence-electron chi connectivity index (χ4n) is 3.20. The first-order valence-electron chi connectivity index (χ1n) is 9.03. The molecule has 2 heterocycles. The van der Waals surface area contributed by atoms with E-state index < -0.39 is 0 Å². The highest BCUT2D eigenvalue weighted by Gasteiger charge is 2.20. The van der Waals surface area contributed by atoms with Crippen molar-refractivity contribution in [1.82, 2.24) is 9.97 Å². The van der Waals surface area contributed by atoms with E-state index >= 15 is 0 Å². The van der Waals surface area contributed by atoms with E-state index in [1.54, 1.807) is 24.2 Å². The highest BCUT2D eigenvalue weighted by molar-refractivity contribution is 7.98. The van der Waals surface area contributed by atoms with Crippen LogP contribution in [0.3, 0.4) is 0 Å². The predicted molar refractivity (Wildman–Crippen MR) is 109 cm³/mol. The minimum absolute atomic E-state index is 0.160. The van der Waals surface area contributed by atoms with Gasteiger partial charge in [-0.25, -0.2) is 14.4 Å². The summed E-state index contributed by atoms with van der Waals surface area (Å²) in [6.07, 6.45) is 1.63. The summed E-state index contributed by atoms with van der Waals surface area (Å²) in [5.74, 6) is 1.67. The van der Waals surface area contributed by atoms with Crippen molar-refractivity contribution in [1.29, 1.82) is 0 Å². The Morgan fingerprint density at radius 2 is 1.56 bits per heavy atom. The third-order valence-electron chi connectivity index (χ3n) is 4.65. The number of rotatable bonds is 5. The molecule has 1 saturated heterocycles. The van der Waals surface area contributed by atoms with E-state index in [1.807, 2.05) is 24.3 Å². The van der Waals surface area contributed by atoms with E-state index in [0.29, 0.717) is 5.69 Å². The molecule has 2 aromatic carbocycles. The number of anilines is 2. The van der Waals surface area contributed by atoms with Gasteiger partial charge >= 0.3 is 0 Å². The molecule has 1 aliphatic rings. The van der Waals surface area contributed by atoms with Crippen LogP contribution in [0.25, 0.3) is 0 Å². The largest absolute Gasteiger partial charge is 0.366 e. The second-order valence-corrected chi connectivity index (χ2v) is 7.41. The van der Waals surface area contributed by atoms with Crippen LogP contribution in [0, 0.1) is 5.82 Å². The summed E-state index contributed by atoms with van der Waals surface area (Å²) in [5.41, 5.74) is 1.96. The predicted octanol–water partition coefficient (Wildman–Crippen LogP) is 4.23. The van der Waals surface area contributed by atoms with Gasteiger partial charge in [0, 0.05) is 38.0 Å². The van der Waals surface area contributed by atoms with Gasteiger partial charge in [-0.05, 0) is 17.7 Å². The van der Waals surface area contributed by atoms with Gasteiger partial charge in [0.1, 0.15) is 23.0 Å². The Bertz CT molecular complexity index is 882. The molecular formula is C21H21FN4S. The van der Waals surface area contributed by atoms with Crippen molar-refractivity contribution < 1.29 is 4.39 Å². The molecule has 1 aromatic heterocycles. The number of benzene rings is 2. The molecule has 1 aliphatic heterocycles. The maximum atomic E-state index is 14.0. The molecule has 4 nitrogen and oxygen atoms in total. The summed E-state index contributed by atoms with van der Waals surface area (Å²) >= 11 is 1.71. The molecule has 0 bridgehead atoms. The zero-order valence-electron chi connectivity index (χ0n) is 15.0. The SMILES string of the molecule is Fc1ccccc1N1CCN(c2cc(SCc3ccccc3)ncn2)CC1. The third-order valence-corrected chi connectivity index (χ3v) is 5.65. The van der Waals surface area contributed by atoms with Crippen LogP contribution in [-0.2, 0) is 5.75 Å². The van der Waals surface area contributed by atoms with E-state index in [4.69, 9.17) is 0 Å². The van der Waals surface area contributed by atoms with Gasteiger partial charge in [0.25, 0.3) is 0 Å². The molecule has 0 atom stereocenters. The lowest BCUT2D eigenvalue weighted by Crippen LogP contribution is -2.47. The normalized spacial score (nSPS) is 14.4. The zero-order valence-corrected chi connectivity index (χ0v) is 15.8. The number of thioether (sulfide) groups is 1. The maximum absolute atomic E-state index is 14.0. The van der Waals surface area contributed by atoms with Crippen molar-refractivity contribution in [2.45, 2.75) is 10.8 Å². The molecule has 0 saturated carbocycles. The fraction of sp³-hybridized carbons (Fsp3) is 0.238. The molecule has 27 heavy (non-hydrogen) atoms. The van der Waals surface area contributed by atoms with Crippen LogP contribution in [0.15, 0.2) is 72.0 Å². The van der Waals surface area contributed by atoms with Crippen molar-refractivity contribution >= 4 is 23.3 Å². The average molecular weight is 380 g/mol. The highest BCUT2D eigenvalue weighted by atomic mass is 32.2. The van der Waals surface area contributed by atoms with Crippen LogP contribution >= 0.6 is 11.8 Å². The Morgan fingerprint density at radius 3 is 2.33 bits per heavy atom. The second kappa shape index (κ2) is 8.39. The Hall–Kier alpha value is -2.60. The second-order valence-electron chi connectivity index (χ2n) is 6.41. The Kier molecular flexibility index (Phi) is 5.53. The van der Waals surface area contributed by atoms with Gasteiger partial charge in [-0.2, -0.15) is 0 Å². The molecule has 0 N–H and O–H groups in total. The van der Waals surface area contributed by atoms with Crippen molar-refractivity contribution in [3.05, 3.63) is 78.4 Å². The quantitative estimate of drug-likeness (QED) is 0.488. The van der Waals surface area contributed by atoms with E-state index in [1.165, 1.54) is 11.6 Å². The lowest BCUT2D eigenvalue weighted by Gasteiger charge is -2.36. The van der Waals surface area contributed by atoms with E-state index in [-0.39, 0.29) is 5.82 Å². The minimum atomic E-state index is -0.160. The molecule has 4 rings (SSSR count). The van der Waals surface area contributed by atoms with Crippen LogP contribution in [0.2, 0.25) is 0 Å². The smallest absolute Gasteiger partial charge is 0.146 e. The van der Waals surface area contributed by atoms with Crippen molar-refractivity contribution in [2.75, 3.05) is 36.0 Å². The Balaban J connectivity index is 1.38. The lowest BCUT2D eigenvalue weighted by molar-refractivity contribution is 0.595. The number of aromatic nitrogens is 2. The van der Waals surface area contributed by atoms with Crippen molar-refractivity contribution in [3.63, 3.8) is 0 Å². The number of hydrogen-bond acceptors (Lipinski definition) is 5. The zero-order chi connectivity index (χ0) is 18.5. The Labute approximate surface area is 163 Å². The minimum Gasteiger partial charge on any atom is -0.366 e. The molecular weight excluding hydrogens is 359 g/mol. The number of piperazine rings is 1. The van der Waals surface area contributed by atoms with Crippen LogP contribution in [-0.4, -0.2) is 36.1 Å². The monoisotopic (exact) mass is 380 g/mol. The van der Waals surface area contributed by atoms with Crippen molar-refractivity contribution in [3.8, 4) is 0 Å². The van der Waals surface area contributed by atoms with E-state index in [9.17, 15) is 4.39 Å². The summed E-state index contributed by atoms with van der Waals surface area (Å²) in [6, 6.07) is 19.4. The Morgan fingerprint density at radius 1 is 0.852 bits per heavy atom. The molecule has 3 aromatic rings. The molecule has 0 spiro atoms. The van der Waals surface area contributed by atoms with Gasteiger partial charge in [-0.3, -0.25) is 0 Å². The van der Waals surface area contributed by atoms with Crippen LogP contribution in [0.5, 0.6) is 0 Å². The van der Waals surface area contributed by atoms with Gasteiger partial charge in [0.15, 0.2) is 0 Å². The summed E-state index contributed by atoms with van der Waals surface area (Å²) in [6.45, 7) is 3.18. The summed E-state index contributed by atoms with van der Waals surface area (Å²) in [4.78, 5) is 13.2. The van der Waals surface area contributed by atoms with Gasteiger partial charge in [-0.15, -0.1) is 11.8 Å². The van der Waals surface area contributed by atoms with Gasteiger partial charge in [0.05, 0.1) is 5.69 Å². The topological polar surface area (TPSA) is 32.3 Å². The van der Waals surface area contributed by atoms with Crippen LogP contribution < -0.4 is 9.80 Å². The third kappa shape index (κ3) is 4.39. The number of hydrogen-bond donors (Lipinski definition) is 0. The first-order valence-corrected chi connectivity index (χ1v) is 10.0. The van der Waals surface area contributed by atoms with Gasteiger partial charge < -0.3 is 9.80 Å². The maximum Gasteiger partial charge on any atom is 0.146 e. The summed E-state index contributed by atoms with van der Waals surface area (Å²) < 4.78 is 14.0.